The highest BCUT2D eigenvalue weighted by Crippen LogP contribution is 2.24. The summed E-state index contributed by atoms with van der Waals surface area (Å²) in [6, 6.07) is 21.8. The third-order valence-corrected chi connectivity index (χ3v) is 4.53. The second-order valence-electron chi connectivity index (χ2n) is 6.32. The lowest BCUT2D eigenvalue weighted by molar-refractivity contribution is -0.123. The van der Waals surface area contributed by atoms with E-state index in [0.29, 0.717) is 5.75 Å². The molecule has 0 fully saturated rings. The van der Waals surface area contributed by atoms with Gasteiger partial charge >= 0.3 is 0 Å². The van der Waals surface area contributed by atoms with Crippen molar-refractivity contribution in [2.24, 2.45) is 5.10 Å². The van der Waals surface area contributed by atoms with Crippen LogP contribution in [0.5, 0.6) is 5.75 Å². The maximum absolute atomic E-state index is 12.0. The molecule has 144 valence electrons. The summed E-state index contributed by atoms with van der Waals surface area (Å²) < 4.78 is 5.66. The Balaban J connectivity index is 1.52. The van der Waals surface area contributed by atoms with Crippen LogP contribution in [-0.2, 0) is 4.79 Å². The number of rotatable bonds is 8. The highest BCUT2D eigenvalue weighted by Gasteiger charge is 2.05. The van der Waals surface area contributed by atoms with Crippen LogP contribution < -0.4 is 15.1 Å². The summed E-state index contributed by atoms with van der Waals surface area (Å²) in [6.45, 7) is 6.11. The first-order valence-electron chi connectivity index (χ1n) is 9.48. The van der Waals surface area contributed by atoms with E-state index < -0.39 is 0 Å². The Morgan fingerprint density at radius 1 is 1.00 bits per heavy atom. The highest BCUT2D eigenvalue weighted by molar-refractivity contribution is 5.89. The summed E-state index contributed by atoms with van der Waals surface area (Å²) in [6.07, 6.45) is 1.63. The standard InChI is InChI=1S/C23H25N3O2/c1-3-26(4-2)20-14-12-18(13-15-20)16-24-25-23(27)17-28-22-11-7-9-19-8-5-6-10-21(19)22/h5-16H,3-4,17H2,1-2H3,(H,25,27). The predicted octanol–water partition coefficient (Wildman–Crippen LogP) is 4.22. The van der Waals surface area contributed by atoms with Gasteiger partial charge in [-0.15, -0.1) is 0 Å². The van der Waals surface area contributed by atoms with E-state index in [2.05, 4.69) is 41.4 Å². The van der Waals surface area contributed by atoms with Crippen molar-refractivity contribution in [1.29, 1.82) is 0 Å². The third-order valence-electron chi connectivity index (χ3n) is 4.53. The number of carbonyl (C=O) groups excluding carboxylic acids is 1. The summed E-state index contributed by atoms with van der Waals surface area (Å²) in [5, 5.41) is 6.07. The smallest absolute Gasteiger partial charge is 0.277 e. The summed E-state index contributed by atoms with van der Waals surface area (Å²) in [7, 11) is 0. The van der Waals surface area contributed by atoms with Crippen molar-refractivity contribution >= 4 is 28.6 Å². The Kier molecular flexibility index (Phi) is 6.63. The Morgan fingerprint density at radius 2 is 1.71 bits per heavy atom. The molecule has 28 heavy (non-hydrogen) atoms. The summed E-state index contributed by atoms with van der Waals surface area (Å²) in [5.74, 6) is 0.383. The molecule has 0 spiro atoms. The van der Waals surface area contributed by atoms with Gasteiger partial charge in [0.05, 0.1) is 6.21 Å². The minimum absolute atomic E-state index is 0.0910. The second-order valence-corrected chi connectivity index (χ2v) is 6.32. The van der Waals surface area contributed by atoms with Gasteiger partial charge in [-0.3, -0.25) is 4.79 Å². The molecule has 3 aromatic carbocycles. The molecule has 0 aliphatic rings. The van der Waals surface area contributed by atoms with E-state index in [1.807, 2.05) is 54.6 Å². The van der Waals surface area contributed by atoms with Gasteiger partial charge in [0.1, 0.15) is 5.75 Å². The fourth-order valence-electron chi connectivity index (χ4n) is 3.04. The number of amides is 1. The molecular formula is C23H25N3O2. The van der Waals surface area contributed by atoms with Crippen molar-refractivity contribution in [3.8, 4) is 5.75 Å². The molecule has 0 bridgehead atoms. The molecule has 5 nitrogen and oxygen atoms in total. The van der Waals surface area contributed by atoms with Crippen LogP contribution in [0.3, 0.4) is 0 Å². The van der Waals surface area contributed by atoms with Crippen LogP contribution in [0, 0.1) is 0 Å². The Labute approximate surface area is 165 Å². The van der Waals surface area contributed by atoms with Crippen LogP contribution in [0.1, 0.15) is 19.4 Å². The molecule has 0 saturated carbocycles. The number of hydrogen-bond acceptors (Lipinski definition) is 4. The van der Waals surface area contributed by atoms with Gasteiger partial charge in [0.2, 0.25) is 0 Å². The van der Waals surface area contributed by atoms with E-state index in [4.69, 9.17) is 4.74 Å². The molecule has 1 amide bonds. The molecule has 0 aromatic heterocycles. The molecule has 0 unspecified atom stereocenters. The van der Waals surface area contributed by atoms with E-state index in [0.717, 1.165) is 29.4 Å². The van der Waals surface area contributed by atoms with E-state index in [1.165, 1.54) is 5.69 Å². The number of hydrazone groups is 1. The number of carbonyl (C=O) groups is 1. The van der Waals surface area contributed by atoms with Crippen LogP contribution >= 0.6 is 0 Å². The zero-order valence-electron chi connectivity index (χ0n) is 16.3. The van der Waals surface area contributed by atoms with E-state index in [9.17, 15) is 4.79 Å². The van der Waals surface area contributed by atoms with E-state index >= 15 is 0 Å². The Bertz CT molecular complexity index is 942. The average molecular weight is 375 g/mol. The van der Waals surface area contributed by atoms with Gasteiger partial charge in [-0.2, -0.15) is 5.10 Å². The van der Waals surface area contributed by atoms with Crippen LogP contribution in [-0.4, -0.2) is 31.8 Å². The molecule has 0 radical (unpaired) electrons. The number of benzene rings is 3. The van der Waals surface area contributed by atoms with Crippen molar-refractivity contribution in [1.82, 2.24) is 5.43 Å². The number of anilines is 1. The number of hydrogen-bond donors (Lipinski definition) is 1. The third kappa shape index (κ3) is 4.88. The van der Waals surface area contributed by atoms with E-state index in [1.54, 1.807) is 6.21 Å². The molecule has 0 saturated heterocycles. The first-order valence-corrected chi connectivity index (χ1v) is 9.48. The topological polar surface area (TPSA) is 53.9 Å². The molecule has 3 aromatic rings. The lowest BCUT2D eigenvalue weighted by Crippen LogP contribution is -2.24. The van der Waals surface area contributed by atoms with Gasteiger partial charge in [0, 0.05) is 24.2 Å². The van der Waals surface area contributed by atoms with Gasteiger partial charge in [0.15, 0.2) is 6.61 Å². The number of nitrogens with zero attached hydrogens (tertiary/aromatic N) is 2. The monoisotopic (exact) mass is 375 g/mol. The van der Waals surface area contributed by atoms with Gasteiger partial charge in [-0.25, -0.2) is 5.43 Å². The predicted molar refractivity (Wildman–Crippen MR) is 115 cm³/mol. The zero-order chi connectivity index (χ0) is 19.8. The SMILES string of the molecule is CCN(CC)c1ccc(C=NNC(=O)COc2cccc3ccccc23)cc1. The molecular weight excluding hydrogens is 350 g/mol. The lowest BCUT2D eigenvalue weighted by Gasteiger charge is -2.20. The van der Waals surface area contributed by atoms with Crippen molar-refractivity contribution in [3.63, 3.8) is 0 Å². The van der Waals surface area contributed by atoms with Gasteiger partial charge < -0.3 is 9.64 Å². The minimum atomic E-state index is -0.302. The average Bonchev–Trinajstić information content (AvgIpc) is 2.74. The van der Waals surface area contributed by atoms with Gasteiger partial charge in [0.25, 0.3) is 5.91 Å². The Morgan fingerprint density at radius 3 is 2.46 bits per heavy atom. The number of ether oxygens (including phenoxy) is 1. The molecule has 0 aliphatic heterocycles. The quantitative estimate of drug-likeness (QED) is 0.474. The molecule has 0 heterocycles. The highest BCUT2D eigenvalue weighted by atomic mass is 16.5. The maximum Gasteiger partial charge on any atom is 0.277 e. The Hall–Kier alpha value is -3.34. The van der Waals surface area contributed by atoms with Crippen LogP contribution in [0.4, 0.5) is 5.69 Å². The van der Waals surface area contributed by atoms with Gasteiger partial charge in [-0.05, 0) is 43.0 Å². The fourth-order valence-corrected chi connectivity index (χ4v) is 3.04. The molecule has 1 N–H and O–H groups in total. The van der Waals surface area contributed by atoms with Gasteiger partial charge in [-0.1, -0.05) is 48.5 Å². The first kappa shape index (κ1) is 19.4. The summed E-state index contributed by atoms with van der Waals surface area (Å²) >= 11 is 0. The van der Waals surface area contributed by atoms with Crippen molar-refractivity contribution in [3.05, 3.63) is 72.3 Å². The second kappa shape index (κ2) is 9.55. The lowest BCUT2D eigenvalue weighted by atomic mass is 10.1. The fraction of sp³-hybridized carbons (Fsp3) is 0.217. The molecule has 5 heteroatoms. The van der Waals surface area contributed by atoms with Crippen LogP contribution in [0.2, 0.25) is 0 Å². The molecule has 0 atom stereocenters. The molecule has 3 rings (SSSR count). The number of nitrogens with one attached hydrogen (secondary N) is 1. The first-order chi connectivity index (χ1) is 13.7. The maximum atomic E-state index is 12.0. The summed E-state index contributed by atoms with van der Waals surface area (Å²) in [5.41, 5.74) is 4.60. The normalized spacial score (nSPS) is 10.9. The van der Waals surface area contributed by atoms with E-state index in [-0.39, 0.29) is 12.5 Å². The van der Waals surface area contributed by atoms with Crippen LogP contribution in [0.15, 0.2) is 71.8 Å². The summed E-state index contributed by atoms with van der Waals surface area (Å²) in [4.78, 5) is 14.3. The zero-order valence-corrected chi connectivity index (χ0v) is 16.3. The number of fused-ring (bicyclic) bond motifs is 1. The van der Waals surface area contributed by atoms with Crippen molar-refractivity contribution in [2.75, 3.05) is 24.6 Å². The minimum Gasteiger partial charge on any atom is -0.483 e. The molecule has 0 aliphatic carbocycles. The van der Waals surface area contributed by atoms with Crippen molar-refractivity contribution < 1.29 is 9.53 Å². The largest absolute Gasteiger partial charge is 0.483 e. The van der Waals surface area contributed by atoms with Crippen molar-refractivity contribution in [2.45, 2.75) is 13.8 Å². The van der Waals surface area contributed by atoms with Crippen LogP contribution in [0.25, 0.3) is 10.8 Å².